The van der Waals surface area contributed by atoms with Crippen molar-refractivity contribution < 1.29 is 33.0 Å². The van der Waals surface area contributed by atoms with E-state index < -0.39 is 53.3 Å². The van der Waals surface area contributed by atoms with Gasteiger partial charge in [0.1, 0.15) is 18.2 Å². The maximum atomic E-state index is 14.3. The predicted octanol–water partition coefficient (Wildman–Crippen LogP) is 1.88. The number of ether oxygens (including phenoxy) is 1. The van der Waals surface area contributed by atoms with Crippen LogP contribution in [0.2, 0.25) is 0 Å². The zero-order valence-corrected chi connectivity index (χ0v) is 21.9. The molecule has 3 aromatic rings. The quantitative estimate of drug-likeness (QED) is 0.447. The molecule has 12 heteroatoms. The van der Waals surface area contributed by atoms with Gasteiger partial charge in [-0.15, -0.1) is 0 Å². The number of amides is 2. The smallest absolute Gasteiger partial charge is 0.257 e. The molecule has 10 nitrogen and oxygen atoms in total. The van der Waals surface area contributed by atoms with Gasteiger partial charge in [-0.05, 0) is 44.2 Å². The van der Waals surface area contributed by atoms with Gasteiger partial charge in [0, 0.05) is 43.6 Å². The van der Waals surface area contributed by atoms with Crippen LogP contribution >= 0.6 is 0 Å². The molecule has 0 bridgehead atoms. The molecule has 2 amide bonds. The fraction of sp³-hybridized carbons (Fsp3) is 0.357. The zero-order chi connectivity index (χ0) is 28.7. The van der Waals surface area contributed by atoms with Gasteiger partial charge in [-0.25, -0.2) is 4.39 Å². The van der Waals surface area contributed by atoms with Crippen LogP contribution in [-0.2, 0) is 4.79 Å². The lowest BCUT2D eigenvalue weighted by atomic mass is 10.1. The molecule has 0 aliphatic carbocycles. The Morgan fingerprint density at radius 1 is 1.12 bits per heavy atom. The number of hydrogen-bond acceptors (Lipinski definition) is 7. The Morgan fingerprint density at radius 3 is 2.42 bits per heavy atom. The molecule has 1 fully saturated rings. The van der Waals surface area contributed by atoms with Crippen molar-refractivity contribution in [1.82, 2.24) is 14.8 Å². The van der Waals surface area contributed by atoms with E-state index >= 15 is 0 Å². The maximum Gasteiger partial charge on any atom is 0.257 e. The summed E-state index contributed by atoms with van der Waals surface area (Å²) in [5, 5.41) is 12.1. The Kier molecular flexibility index (Phi) is 7.28. The van der Waals surface area contributed by atoms with Crippen LogP contribution in [-0.4, -0.2) is 77.6 Å². The number of pyridine rings is 1. The standard InChI is InChI=1S/C28H28F2N4O6/c1-15-14-40-26-23(30)21(29)11-19-24(26)34(15)12-20(25(19)37)27(38)31-22(13-35)28(39)33-9-7-32(8-10-33)18-5-3-17(4-6-18)16(2)36/h3-6,11-12,15,22,35H,7-10,13-14H2,1-2H3,(H,31,38). The summed E-state index contributed by atoms with van der Waals surface area (Å²) in [6, 6.07) is 6.20. The van der Waals surface area contributed by atoms with Gasteiger partial charge in [-0.3, -0.25) is 19.2 Å². The minimum Gasteiger partial charge on any atom is -0.486 e. The zero-order valence-electron chi connectivity index (χ0n) is 21.9. The number of carbonyl (C=O) groups is 3. The average molecular weight is 555 g/mol. The van der Waals surface area contributed by atoms with Crippen LogP contribution in [0.25, 0.3) is 10.9 Å². The third kappa shape index (κ3) is 4.79. The van der Waals surface area contributed by atoms with Crippen molar-refractivity contribution in [2.75, 3.05) is 44.3 Å². The summed E-state index contributed by atoms with van der Waals surface area (Å²) in [6.07, 6.45) is 1.24. The van der Waals surface area contributed by atoms with Crippen molar-refractivity contribution in [3.05, 3.63) is 69.5 Å². The predicted molar refractivity (Wildman–Crippen MR) is 142 cm³/mol. The summed E-state index contributed by atoms with van der Waals surface area (Å²) in [4.78, 5) is 54.6. The lowest BCUT2D eigenvalue weighted by molar-refractivity contribution is -0.134. The molecule has 3 heterocycles. The highest BCUT2D eigenvalue weighted by Crippen LogP contribution is 2.35. The van der Waals surface area contributed by atoms with Crippen LogP contribution in [0.15, 0.2) is 41.3 Å². The molecule has 210 valence electrons. The van der Waals surface area contributed by atoms with Crippen LogP contribution in [0.1, 0.15) is 40.6 Å². The molecular weight excluding hydrogens is 526 g/mol. The van der Waals surface area contributed by atoms with E-state index in [1.165, 1.54) is 22.6 Å². The van der Waals surface area contributed by atoms with E-state index in [9.17, 15) is 33.1 Å². The lowest BCUT2D eigenvalue weighted by Crippen LogP contribution is -2.56. The van der Waals surface area contributed by atoms with Crippen molar-refractivity contribution in [1.29, 1.82) is 0 Å². The number of aromatic nitrogens is 1. The largest absolute Gasteiger partial charge is 0.486 e. The minimum atomic E-state index is -1.31. The number of hydrogen-bond donors (Lipinski definition) is 2. The molecule has 1 saturated heterocycles. The Hall–Kier alpha value is -4.32. The third-order valence-electron chi connectivity index (χ3n) is 7.37. The topological polar surface area (TPSA) is 121 Å². The number of halogens is 2. The van der Waals surface area contributed by atoms with E-state index in [0.717, 1.165) is 11.8 Å². The molecule has 1 aromatic heterocycles. The maximum absolute atomic E-state index is 14.3. The number of carbonyl (C=O) groups excluding carboxylic acids is 3. The van der Waals surface area contributed by atoms with Gasteiger partial charge in [-0.2, -0.15) is 4.39 Å². The second-order valence-electron chi connectivity index (χ2n) is 9.96. The first-order valence-corrected chi connectivity index (χ1v) is 12.9. The van der Waals surface area contributed by atoms with E-state index in [4.69, 9.17) is 4.74 Å². The monoisotopic (exact) mass is 554 g/mol. The molecule has 5 rings (SSSR count). The van der Waals surface area contributed by atoms with Crippen molar-refractivity contribution in [3.8, 4) is 5.75 Å². The van der Waals surface area contributed by atoms with Crippen molar-refractivity contribution in [2.24, 2.45) is 0 Å². The number of aliphatic hydroxyl groups excluding tert-OH is 1. The number of Topliss-reactive ketones (excluding diaryl/α,β-unsaturated/α-hetero) is 1. The van der Waals surface area contributed by atoms with E-state index in [1.807, 2.05) is 12.1 Å². The first kappa shape index (κ1) is 27.3. The van der Waals surface area contributed by atoms with E-state index in [2.05, 4.69) is 10.2 Å². The number of rotatable bonds is 6. The molecule has 2 N–H and O–H groups in total. The molecule has 0 radical (unpaired) electrons. The highest BCUT2D eigenvalue weighted by molar-refractivity contribution is 6.00. The first-order chi connectivity index (χ1) is 19.1. The lowest BCUT2D eigenvalue weighted by Gasteiger charge is -2.37. The number of benzene rings is 2. The summed E-state index contributed by atoms with van der Waals surface area (Å²) in [5.74, 6) is -4.35. The molecule has 2 aromatic carbocycles. The van der Waals surface area contributed by atoms with E-state index in [0.29, 0.717) is 31.7 Å². The summed E-state index contributed by atoms with van der Waals surface area (Å²) in [6.45, 7) is 4.17. The minimum absolute atomic E-state index is 0.00297. The summed E-state index contributed by atoms with van der Waals surface area (Å²) < 4.78 is 35.4. The number of nitrogens with one attached hydrogen (secondary N) is 1. The van der Waals surface area contributed by atoms with Crippen LogP contribution in [0.3, 0.4) is 0 Å². The van der Waals surface area contributed by atoms with Crippen LogP contribution in [0.5, 0.6) is 5.75 Å². The van der Waals surface area contributed by atoms with Crippen LogP contribution < -0.4 is 20.4 Å². The molecule has 2 unspecified atom stereocenters. The summed E-state index contributed by atoms with van der Waals surface area (Å²) in [7, 11) is 0. The van der Waals surface area contributed by atoms with Gasteiger partial charge in [0.05, 0.1) is 23.6 Å². The summed E-state index contributed by atoms with van der Waals surface area (Å²) in [5.41, 5.74) is 0.333. The van der Waals surface area contributed by atoms with Crippen molar-refractivity contribution in [2.45, 2.75) is 25.9 Å². The van der Waals surface area contributed by atoms with Gasteiger partial charge in [0.15, 0.2) is 17.3 Å². The number of piperazine rings is 1. The molecular formula is C28H28F2N4O6. The third-order valence-corrected chi connectivity index (χ3v) is 7.37. The molecule has 0 spiro atoms. The highest BCUT2D eigenvalue weighted by Gasteiger charge is 2.32. The highest BCUT2D eigenvalue weighted by atomic mass is 19.2. The Labute approximate surface area is 227 Å². The fourth-order valence-corrected chi connectivity index (χ4v) is 5.09. The normalized spacial score (nSPS) is 17.4. The van der Waals surface area contributed by atoms with Gasteiger partial charge in [0.2, 0.25) is 17.2 Å². The number of anilines is 1. The Bertz CT molecular complexity index is 1560. The number of nitrogens with zero attached hydrogens (tertiary/aromatic N) is 3. The molecule has 2 atom stereocenters. The van der Waals surface area contributed by atoms with Crippen molar-refractivity contribution in [3.63, 3.8) is 0 Å². The number of ketones is 1. The van der Waals surface area contributed by atoms with Crippen LogP contribution in [0.4, 0.5) is 14.5 Å². The second-order valence-corrected chi connectivity index (χ2v) is 9.96. The molecule has 40 heavy (non-hydrogen) atoms. The van der Waals surface area contributed by atoms with Gasteiger partial charge < -0.3 is 29.5 Å². The SMILES string of the molecule is CC(=O)c1ccc(N2CCN(C(=O)C(CO)NC(=O)c3cn4c5c(c(F)c(F)cc5c3=O)OCC4C)CC2)cc1. The molecule has 0 saturated carbocycles. The Morgan fingerprint density at radius 2 is 1.80 bits per heavy atom. The number of aliphatic hydroxyl groups is 1. The van der Waals surface area contributed by atoms with Crippen molar-refractivity contribution >= 4 is 34.2 Å². The van der Waals surface area contributed by atoms with Gasteiger partial charge in [-0.1, -0.05) is 0 Å². The molecule has 2 aliphatic rings. The fourth-order valence-electron chi connectivity index (χ4n) is 5.09. The first-order valence-electron chi connectivity index (χ1n) is 12.9. The van der Waals surface area contributed by atoms with E-state index in [1.54, 1.807) is 19.1 Å². The second kappa shape index (κ2) is 10.7. The van der Waals surface area contributed by atoms with Crippen LogP contribution in [0, 0.1) is 11.6 Å². The average Bonchev–Trinajstić information content (AvgIpc) is 2.96. The van der Waals surface area contributed by atoms with Gasteiger partial charge in [0.25, 0.3) is 5.91 Å². The summed E-state index contributed by atoms with van der Waals surface area (Å²) >= 11 is 0. The van der Waals surface area contributed by atoms with E-state index in [-0.39, 0.29) is 28.9 Å². The van der Waals surface area contributed by atoms with Gasteiger partial charge >= 0.3 is 0 Å². The Balaban J connectivity index is 1.32. The molecule has 2 aliphatic heterocycles.